The predicted molar refractivity (Wildman–Crippen MR) is 54.3 cm³/mol. The van der Waals surface area contributed by atoms with Crippen LogP contribution in [0.2, 0.25) is 0 Å². The Morgan fingerprint density at radius 2 is 2.27 bits per heavy atom. The molecule has 5 nitrogen and oxygen atoms in total. The fourth-order valence-corrected chi connectivity index (χ4v) is 1.16. The van der Waals surface area contributed by atoms with Gasteiger partial charge >= 0.3 is 0 Å². The van der Waals surface area contributed by atoms with Crippen LogP contribution in [0.3, 0.4) is 0 Å². The summed E-state index contributed by atoms with van der Waals surface area (Å²) in [7, 11) is 1.91. The van der Waals surface area contributed by atoms with Crippen molar-refractivity contribution in [3.63, 3.8) is 0 Å². The summed E-state index contributed by atoms with van der Waals surface area (Å²) < 4.78 is 7.40. The van der Waals surface area contributed by atoms with Crippen molar-refractivity contribution >= 4 is 0 Å². The standard InChI is InChI=1S/C10H12N4O/c1-8-12-13-10(14(8)2)7-15-9-4-3-5-11-6-9/h3-6H,7H2,1-2H3. The molecule has 0 amide bonds. The Balaban J connectivity index is 2.02. The lowest BCUT2D eigenvalue weighted by Gasteiger charge is -2.04. The van der Waals surface area contributed by atoms with Gasteiger partial charge in [-0.25, -0.2) is 0 Å². The molecule has 0 saturated carbocycles. The Bertz CT molecular complexity index is 438. The maximum Gasteiger partial charge on any atom is 0.170 e. The highest BCUT2D eigenvalue weighted by molar-refractivity contribution is 5.15. The van der Waals surface area contributed by atoms with E-state index in [-0.39, 0.29) is 0 Å². The highest BCUT2D eigenvalue weighted by Gasteiger charge is 2.04. The first-order chi connectivity index (χ1) is 7.27. The zero-order chi connectivity index (χ0) is 10.7. The van der Waals surface area contributed by atoms with E-state index in [9.17, 15) is 0 Å². The zero-order valence-corrected chi connectivity index (χ0v) is 8.71. The Morgan fingerprint density at radius 1 is 1.40 bits per heavy atom. The minimum Gasteiger partial charge on any atom is -0.484 e. The maximum absolute atomic E-state index is 5.50. The molecular formula is C10H12N4O. The number of aryl methyl sites for hydroxylation is 1. The van der Waals surface area contributed by atoms with Crippen molar-refractivity contribution in [2.24, 2.45) is 7.05 Å². The van der Waals surface area contributed by atoms with Gasteiger partial charge in [-0.3, -0.25) is 4.98 Å². The van der Waals surface area contributed by atoms with Gasteiger partial charge in [-0.1, -0.05) is 0 Å². The van der Waals surface area contributed by atoms with Gasteiger partial charge in [0.15, 0.2) is 5.82 Å². The summed E-state index contributed by atoms with van der Waals surface area (Å²) in [6.45, 7) is 2.31. The molecule has 0 N–H and O–H groups in total. The summed E-state index contributed by atoms with van der Waals surface area (Å²) in [6, 6.07) is 3.69. The fraction of sp³-hybridized carbons (Fsp3) is 0.300. The van der Waals surface area contributed by atoms with E-state index in [4.69, 9.17) is 4.74 Å². The zero-order valence-electron chi connectivity index (χ0n) is 8.71. The number of hydrogen-bond donors (Lipinski definition) is 0. The summed E-state index contributed by atoms with van der Waals surface area (Å²) in [4.78, 5) is 3.96. The highest BCUT2D eigenvalue weighted by Crippen LogP contribution is 2.08. The molecule has 15 heavy (non-hydrogen) atoms. The third-order valence-electron chi connectivity index (χ3n) is 2.19. The maximum atomic E-state index is 5.50. The summed E-state index contributed by atoms with van der Waals surface area (Å²) >= 11 is 0. The third-order valence-corrected chi connectivity index (χ3v) is 2.19. The molecule has 0 radical (unpaired) electrons. The van der Waals surface area contributed by atoms with Crippen LogP contribution in [-0.4, -0.2) is 19.7 Å². The van der Waals surface area contributed by atoms with Gasteiger partial charge in [-0.2, -0.15) is 0 Å². The van der Waals surface area contributed by atoms with Gasteiger partial charge in [0.2, 0.25) is 0 Å². The van der Waals surface area contributed by atoms with Gasteiger partial charge in [0.25, 0.3) is 0 Å². The lowest BCUT2D eigenvalue weighted by molar-refractivity contribution is 0.290. The quantitative estimate of drug-likeness (QED) is 0.751. The lowest BCUT2D eigenvalue weighted by Crippen LogP contribution is -2.04. The van der Waals surface area contributed by atoms with E-state index in [0.717, 1.165) is 17.4 Å². The monoisotopic (exact) mass is 204 g/mol. The predicted octanol–water partition coefficient (Wildman–Crippen LogP) is 1.10. The molecule has 0 aliphatic carbocycles. The van der Waals surface area contributed by atoms with E-state index in [1.54, 1.807) is 12.4 Å². The molecule has 0 fully saturated rings. The molecule has 0 aromatic carbocycles. The first-order valence-corrected chi connectivity index (χ1v) is 4.65. The van der Waals surface area contributed by atoms with Gasteiger partial charge in [-0.15, -0.1) is 10.2 Å². The Kier molecular flexibility index (Phi) is 2.62. The van der Waals surface area contributed by atoms with E-state index >= 15 is 0 Å². The third kappa shape index (κ3) is 2.12. The van der Waals surface area contributed by atoms with Crippen LogP contribution in [0, 0.1) is 6.92 Å². The number of hydrogen-bond acceptors (Lipinski definition) is 4. The molecule has 0 aliphatic heterocycles. The highest BCUT2D eigenvalue weighted by atomic mass is 16.5. The Labute approximate surface area is 87.7 Å². The molecule has 0 atom stereocenters. The molecule has 0 bridgehead atoms. The summed E-state index contributed by atoms with van der Waals surface area (Å²) in [5.74, 6) is 2.41. The van der Waals surface area contributed by atoms with E-state index in [1.165, 1.54) is 0 Å². The first-order valence-electron chi connectivity index (χ1n) is 4.65. The van der Waals surface area contributed by atoms with Gasteiger partial charge < -0.3 is 9.30 Å². The van der Waals surface area contributed by atoms with Crippen molar-refractivity contribution in [1.29, 1.82) is 0 Å². The van der Waals surface area contributed by atoms with E-state index in [1.807, 2.05) is 30.7 Å². The van der Waals surface area contributed by atoms with Crippen molar-refractivity contribution in [1.82, 2.24) is 19.7 Å². The van der Waals surface area contributed by atoms with Crippen molar-refractivity contribution < 1.29 is 4.74 Å². The minimum atomic E-state index is 0.406. The molecule has 0 spiro atoms. The molecule has 0 unspecified atom stereocenters. The normalized spacial score (nSPS) is 10.3. The topological polar surface area (TPSA) is 52.8 Å². The van der Waals surface area contributed by atoms with Crippen LogP contribution in [0.4, 0.5) is 0 Å². The summed E-state index contributed by atoms with van der Waals surface area (Å²) in [5, 5.41) is 7.94. The van der Waals surface area contributed by atoms with Crippen LogP contribution >= 0.6 is 0 Å². The van der Waals surface area contributed by atoms with E-state index < -0.39 is 0 Å². The molecule has 78 valence electrons. The fourth-order valence-electron chi connectivity index (χ4n) is 1.16. The molecule has 5 heteroatoms. The second kappa shape index (κ2) is 4.08. The molecule has 0 saturated heterocycles. The van der Waals surface area contributed by atoms with E-state index in [0.29, 0.717) is 6.61 Å². The SMILES string of the molecule is Cc1nnc(COc2cccnc2)n1C. The number of nitrogens with zero attached hydrogens (tertiary/aromatic N) is 4. The Hall–Kier alpha value is -1.91. The Morgan fingerprint density at radius 3 is 2.87 bits per heavy atom. The minimum absolute atomic E-state index is 0.406. The van der Waals surface area contributed by atoms with Crippen molar-refractivity contribution in [3.05, 3.63) is 36.2 Å². The molecule has 2 heterocycles. The summed E-state index contributed by atoms with van der Waals surface area (Å²) in [6.07, 6.45) is 3.38. The first kappa shape index (κ1) is 9.64. The molecule has 2 aromatic heterocycles. The van der Waals surface area contributed by atoms with Crippen LogP contribution in [-0.2, 0) is 13.7 Å². The molecule has 0 aliphatic rings. The molecular weight excluding hydrogens is 192 g/mol. The number of pyridine rings is 1. The molecule has 2 rings (SSSR count). The number of ether oxygens (including phenoxy) is 1. The van der Waals surface area contributed by atoms with Crippen LogP contribution in [0.25, 0.3) is 0 Å². The largest absolute Gasteiger partial charge is 0.484 e. The average Bonchev–Trinajstić information content (AvgIpc) is 2.59. The van der Waals surface area contributed by atoms with Crippen molar-refractivity contribution in [2.45, 2.75) is 13.5 Å². The molecule has 2 aromatic rings. The average molecular weight is 204 g/mol. The second-order valence-corrected chi connectivity index (χ2v) is 3.20. The number of rotatable bonds is 3. The van der Waals surface area contributed by atoms with Gasteiger partial charge in [0.1, 0.15) is 18.2 Å². The van der Waals surface area contributed by atoms with Crippen molar-refractivity contribution in [3.8, 4) is 5.75 Å². The smallest absolute Gasteiger partial charge is 0.170 e. The van der Waals surface area contributed by atoms with Crippen LogP contribution < -0.4 is 4.74 Å². The van der Waals surface area contributed by atoms with Crippen molar-refractivity contribution in [2.75, 3.05) is 0 Å². The van der Waals surface area contributed by atoms with Crippen LogP contribution in [0.5, 0.6) is 5.75 Å². The number of aromatic nitrogens is 4. The lowest BCUT2D eigenvalue weighted by atomic mass is 10.5. The van der Waals surface area contributed by atoms with Gasteiger partial charge in [0, 0.05) is 13.2 Å². The summed E-state index contributed by atoms with van der Waals surface area (Å²) in [5.41, 5.74) is 0. The van der Waals surface area contributed by atoms with Crippen LogP contribution in [0.15, 0.2) is 24.5 Å². The van der Waals surface area contributed by atoms with Crippen LogP contribution in [0.1, 0.15) is 11.6 Å². The van der Waals surface area contributed by atoms with Gasteiger partial charge in [-0.05, 0) is 19.1 Å². The second-order valence-electron chi connectivity index (χ2n) is 3.20. The van der Waals surface area contributed by atoms with Gasteiger partial charge in [0.05, 0.1) is 6.20 Å². The van der Waals surface area contributed by atoms with E-state index in [2.05, 4.69) is 15.2 Å².